The van der Waals surface area contributed by atoms with Gasteiger partial charge in [0.15, 0.2) is 0 Å². The minimum Gasteiger partial charge on any atom is -0.310 e. The molecule has 1 N–H and O–H groups in total. The smallest absolute Gasteiger partial charge is 0.0210 e. The van der Waals surface area contributed by atoms with Crippen LogP contribution >= 0.6 is 15.9 Å². The summed E-state index contributed by atoms with van der Waals surface area (Å²) >= 11 is 3.68. The molecular formula is C18H29BrN2. The third kappa shape index (κ3) is 5.08. The molecule has 0 heterocycles. The Hall–Kier alpha value is -0.380. The molecular weight excluding hydrogens is 324 g/mol. The van der Waals surface area contributed by atoms with Crippen molar-refractivity contribution >= 4 is 15.9 Å². The number of hydrogen-bond donors (Lipinski definition) is 1. The van der Waals surface area contributed by atoms with E-state index >= 15 is 0 Å². The van der Waals surface area contributed by atoms with E-state index in [4.69, 9.17) is 0 Å². The lowest BCUT2D eigenvalue weighted by molar-refractivity contribution is 0.222. The number of hydrogen-bond acceptors (Lipinski definition) is 2. The van der Waals surface area contributed by atoms with Gasteiger partial charge in [-0.25, -0.2) is 0 Å². The maximum Gasteiger partial charge on any atom is 0.0210 e. The summed E-state index contributed by atoms with van der Waals surface area (Å²) in [6, 6.07) is 9.96. The highest BCUT2D eigenvalue weighted by Crippen LogP contribution is 2.40. The van der Waals surface area contributed by atoms with Crippen LogP contribution in [0, 0.1) is 5.92 Å². The summed E-state index contributed by atoms with van der Waals surface area (Å²) in [7, 11) is 4.33. The van der Waals surface area contributed by atoms with Gasteiger partial charge in [0.05, 0.1) is 0 Å². The molecule has 0 radical (unpaired) electrons. The predicted molar refractivity (Wildman–Crippen MR) is 94.8 cm³/mol. The molecule has 1 aromatic rings. The maximum atomic E-state index is 3.88. The summed E-state index contributed by atoms with van der Waals surface area (Å²) in [5.41, 5.74) is 1.48. The minimum atomic E-state index is 0.616. The van der Waals surface area contributed by atoms with Crippen molar-refractivity contribution < 1.29 is 0 Å². The van der Waals surface area contributed by atoms with Crippen LogP contribution in [0.1, 0.15) is 44.6 Å². The Labute approximate surface area is 138 Å². The molecule has 1 aliphatic rings. The van der Waals surface area contributed by atoms with Gasteiger partial charge in [-0.15, -0.1) is 0 Å². The first-order valence-corrected chi connectivity index (χ1v) is 8.90. The van der Waals surface area contributed by atoms with Crippen LogP contribution in [0.15, 0.2) is 28.7 Å². The molecule has 2 rings (SSSR count). The normalized spacial score (nSPS) is 23.4. The lowest BCUT2D eigenvalue weighted by Gasteiger charge is -2.40. The molecule has 2 nitrogen and oxygen atoms in total. The molecule has 1 unspecified atom stereocenters. The van der Waals surface area contributed by atoms with Crippen LogP contribution in [-0.2, 0) is 0 Å². The molecule has 0 bridgehead atoms. The SMILES string of the molecule is CC(C)CC(CN(C)C)NC1CC(c2ccccc2Br)C1. The Morgan fingerprint density at radius 2 is 1.90 bits per heavy atom. The average molecular weight is 353 g/mol. The zero-order chi connectivity index (χ0) is 15.4. The first-order valence-electron chi connectivity index (χ1n) is 8.11. The third-order valence-corrected chi connectivity index (χ3v) is 5.02. The summed E-state index contributed by atoms with van der Waals surface area (Å²) < 4.78 is 1.26. The fraction of sp³-hybridized carbons (Fsp3) is 0.667. The van der Waals surface area contributed by atoms with E-state index in [9.17, 15) is 0 Å². The fourth-order valence-electron chi connectivity index (χ4n) is 3.35. The van der Waals surface area contributed by atoms with Crippen molar-refractivity contribution in [2.75, 3.05) is 20.6 Å². The van der Waals surface area contributed by atoms with Gasteiger partial charge in [0, 0.05) is 23.1 Å². The van der Waals surface area contributed by atoms with Crippen LogP contribution in [0.4, 0.5) is 0 Å². The molecule has 0 amide bonds. The molecule has 3 heteroatoms. The number of likely N-dealkylation sites (N-methyl/N-ethyl adjacent to an activating group) is 1. The molecule has 1 aromatic carbocycles. The van der Waals surface area contributed by atoms with Crippen molar-refractivity contribution in [1.82, 2.24) is 10.2 Å². The van der Waals surface area contributed by atoms with E-state index in [-0.39, 0.29) is 0 Å². The molecule has 1 atom stereocenters. The maximum absolute atomic E-state index is 3.88. The fourth-order valence-corrected chi connectivity index (χ4v) is 3.96. The van der Waals surface area contributed by atoms with Gasteiger partial charge in [-0.05, 0) is 56.8 Å². The molecule has 118 valence electrons. The van der Waals surface area contributed by atoms with Crippen molar-refractivity contribution in [1.29, 1.82) is 0 Å². The van der Waals surface area contributed by atoms with E-state index in [1.807, 2.05) is 0 Å². The van der Waals surface area contributed by atoms with Crippen LogP contribution in [0.2, 0.25) is 0 Å². The van der Waals surface area contributed by atoms with Crippen molar-refractivity contribution in [2.45, 2.75) is 51.1 Å². The van der Waals surface area contributed by atoms with E-state index in [0.29, 0.717) is 12.1 Å². The van der Waals surface area contributed by atoms with E-state index < -0.39 is 0 Å². The molecule has 1 fully saturated rings. The van der Waals surface area contributed by atoms with Gasteiger partial charge >= 0.3 is 0 Å². The Balaban J connectivity index is 1.84. The van der Waals surface area contributed by atoms with Gasteiger partial charge in [0.1, 0.15) is 0 Å². The first kappa shape index (κ1) is 17.0. The van der Waals surface area contributed by atoms with Gasteiger partial charge in [-0.3, -0.25) is 0 Å². The Bertz CT molecular complexity index is 429. The summed E-state index contributed by atoms with van der Waals surface area (Å²) in [4.78, 5) is 2.30. The van der Waals surface area contributed by atoms with Gasteiger partial charge < -0.3 is 10.2 Å². The molecule has 0 aliphatic heterocycles. The number of nitrogens with zero attached hydrogens (tertiary/aromatic N) is 1. The highest BCUT2D eigenvalue weighted by Gasteiger charge is 2.32. The molecule has 0 spiro atoms. The van der Waals surface area contributed by atoms with Gasteiger partial charge in [0.2, 0.25) is 0 Å². The van der Waals surface area contributed by atoms with Crippen LogP contribution in [0.3, 0.4) is 0 Å². The van der Waals surface area contributed by atoms with Crippen molar-refractivity contribution in [3.05, 3.63) is 34.3 Å². The summed E-state index contributed by atoms with van der Waals surface area (Å²) in [6.07, 6.45) is 3.80. The number of nitrogens with one attached hydrogen (secondary N) is 1. The second-order valence-corrected chi connectivity index (χ2v) is 8.00. The van der Waals surface area contributed by atoms with Crippen LogP contribution in [-0.4, -0.2) is 37.6 Å². The highest BCUT2D eigenvalue weighted by atomic mass is 79.9. The van der Waals surface area contributed by atoms with Crippen LogP contribution in [0.25, 0.3) is 0 Å². The van der Waals surface area contributed by atoms with E-state index in [0.717, 1.165) is 18.4 Å². The van der Waals surface area contributed by atoms with E-state index in [2.05, 4.69) is 78.4 Å². The third-order valence-electron chi connectivity index (χ3n) is 4.30. The Kier molecular flexibility index (Phi) is 6.27. The van der Waals surface area contributed by atoms with Gasteiger partial charge in [-0.1, -0.05) is 48.0 Å². The minimum absolute atomic E-state index is 0.616. The quantitative estimate of drug-likeness (QED) is 0.788. The largest absolute Gasteiger partial charge is 0.310 e. The van der Waals surface area contributed by atoms with Crippen molar-refractivity contribution in [3.63, 3.8) is 0 Å². The van der Waals surface area contributed by atoms with Crippen molar-refractivity contribution in [3.8, 4) is 0 Å². The standard InChI is InChI=1S/C18H29BrN2/c1-13(2)9-16(12-21(3)4)20-15-10-14(11-15)17-7-5-6-8-18(17)19/h5-8,13-16,20H,9-12H2,1-4H3. The van der Waals surface area contributed by atoms with E-state index in [1.54, 1.807) is 0 Å². The monoisotopic (exact) mass is 352 g/mol. The Morgan fingerprint density at radius 3 is 2.48 bits per heavy atom. The van der Waals surface area contributed by atoms with Crippen molar-refractivity contribution in [2.24, 2.45) is 5.92 Å². The summed E-state index contributed by atoms with van der Waals surface area (Å²) in [5, 5.41) is 3.88. The van der Waals surface area contributed by atoms with Crippen LogP contribution in [0.5, 0.6) is 0 Å². The molecule has 1 aliphatic carbocycles. The average Bonchev–Trinajstić information content (AvgIpc) is 2.33. The second-order valence-electron chi connectivity index (χ2n) is 7.14. The Morgan fingerprint density at radius 1 is 1.24 bits per heavy atom. The summed E-state index contributed by atoms with van der Waals surface area (Å²) in [5.74, 6) is 1.47. The number of halogens is 1. The number of rotatable bonds is 7. The van der Waals surface area contributed by atoms with Gasteiger partial charge in [0.25, 0.3) is 0 Å². The lowest BCUT2D eigenvalue weighted by atomic mass is 9.75. The molecule has 0 saturated heterocycles. The predicted octanol–water partition coefficient (Wildman–Crippen LogP) is 4.26. The molecule has 0 aromatic heterocycles. The van der Waals surface area contributed by atoms with E-state index in [1.165, 1.54) is 29.3 Å². The highest BCUT2D eigenvalue weighted by molar-refractivity contribution is 9.10. The first-order chi connectivity index (χ1) is 9.95. The second kappa shape index (κ2) is 7.75. The molecule has 1 saturated carbocycles. The topological polar surface area (TPSA) is 15.3 Å². The number of benzene rings is 1. The summed E-state index contributed by atoms with van der Waals surface area (Å²) in [6.45, 7) is 5.76. The lowest BCUT2D eigenvalue weighted by Crippen LogP contribution is -2.49. The zero-order valence-electron chi connectivity index (χ0n) is 13.8. The molecule has 21 heavy (non-hydrogen) atoms. The van der Waals surface area contributed by atoms with Crippen LogP contribution < -0.4 is 5.32 Å². The van der Waals surface area contributed by atoms with Gasteiger partial charge in [-0.2, -0.15) is 0 Å². The zero-order valence-corrected chi connectivity index (χ0v) is 15.4.